The van der Waals surface area contributed by atoms with Crippen molar-refractivity contribution in [1.82, 2.24) is 0 Å². The van der Waals surface area contributed by atoms with Gasteiger partial charge in [0, 0.05) is 67.6 Å². The van der Waals surface area contributed by atoms with Crippen LogP contribution >= 0.6 is 0 Å². The molecule has 0 radical (unpaired) electrons. The van der Waals surface area contributed by atoms with Crippen LogP contribution in [0.25, 0.3) is 11.1 Å². The van der Waals surface area contributed by atoms with E-state index in [0.29, 0.717) is 11.3 Å². The Bertz CT molecular complexity index is 3660. The van der Waals surface area contributed by atoms with E-state index in [4.69, 9.17) is 0 Å². The summed E-state index contributed by atoms with van der Waals surface area (Å²) in [6.07, 6.45) is 4.01. The second kappa shape index (κ2) is 14.2. The summed E-state index contributed by atoms with van der Waals surface area (Å²) in [5, 5.41) is 1.45. The summed E-state index contributed by atoms with van der Waals surface area (Å²) in [5.41, 5.74) is 30.9. The Labute approximate surface area is 422 Å². The van der Waals surface area contributed by atoms with Crippen molar-refractivity contribution in [2.24, 2.45) is 17.3 Å². The minimum Gasteiger partial charge on any atom is -0.311 e. The van der Waals surface area contributed by atoms with Gasteiger partial charge in [-0.05, 0) is 174 Å². The van der Waals surface area contributed by atoms with Crippen LogP contribution in [0, 0.1) is 38.0 Å². The van der Waals surface area contributed by atoms with Crippen LogP contribution in [0.3, 0.4) is 0 Å². The first-order valence-electron chi connectivity index (χ1n) is 26.2. The van der Waals surface area contributed by atoms with Gasteiger partial charge in [0.1, 0.15) is 5.19 Å². The Balaban J connectivity index is 1.04. The Morgan fingerprint density at radius 3 is 2.03 bits per heavy atom. The van der Waals surface area contributed by atoms with Crippen molar-refractivity contribution in [3.05, 3.63) is 208 Å². The summed E-state index contributed by atoms with van der Waals surface area (Å²) in [5.74, 6) is 1.58. The van der Waals surface area contributed by atoms with Crippen molar-refractivity contribution in [2.45, 2.75) is 84.7 Å². The van der Waals surface area contributed by atoms with E-state index < -0.39 is 8.80 Å². The quantitative estimate of drug-likeness (QED) is 0.122. The lowest BCUT2D eigenvalue weighted by molar-refractivity contribution is -0.0733. The number of nitrogens with zero attached hydrogens (tertiary/aromatic N) is 3. The zero-order chi connectivity index (χ0) is 48.0. The van der Waals surface area contributed by atoms with Crippen molar-refractivity contribution < 1.29 is 0 Å². The molecule has 7 aliphatic rings. The van der Waals surface area contributed by atoms with Crippen LogP contribution in [0.1, 0.15) is 73.4 Å². The molecule has 0 aromatic heterocycles. The largest absolute Gasteiger partial charge is 0.345 e. The van der Waals surface area contributed by atoms with E-state index in [1.165, 1.54) is 114 Å². The fraction of sp³-hybridized carbons (Fsp3) is 0.242. The normalized spacial score (nSPS) is 21.9. The summed E-state index contributed by atoms with van der Waals surface area (Å²) in [6, 6.07) is 63.8. The number of para-hydroxylation sites is 2. The average molecular weight is 933 g/mol. The first-order chi connectivity index (χ1) is 34.4. The molecule has 2 aliphatic heterocycles. The standard InChI is InChI=1S/C66H59BN3Si/c1-39-22-26-46(27-23-39)70-58-37-48(71(7)8)36-57-62(58)67(54-32-41(3)61-60(63(54)70)49-19-13-14-20-50(49)66(61)52-38-65-43(33-51(52)65)34-59(65)66)53-31-30-47(35-56(53)69(57)44-17-10-9-11-18-44)68(55-21-15-12-16-40(55)2)45-28-24-42(25-29-45)64(4,5)6/h9-32,35-37,43,59H,33-34,38H2,1-8H3/q+1. The Hall–Kier alpha value is -6.82. The predicted molar refractivity (Wildman–Crippen MR) is 302 cm³/mol. The minimum atomic E-state index is -0.912. The molecule has 0 amide bonds. The van der Waals surface area contributed by atoms with Crippen LogP contribution in [0.4, 0.5) is 51.2 Å². The van der Waals surface area contributed by atoms with Crippen LogP contribution in [0.2, 0.25) is 13.1 Å². The summed E-state index contributed by atoms with van der Waals surface area (Å²) in [4.78, 5) is 7.85. The van der Waals surface area contributed by atoms with Gasteiger partial charge in [0.2, 0.25) is 0 Å². The SMILES string of the molecule is Cc1ccc(N2c3cc([Si+](C)C)cc4c3B(c3ccc(N(c5ccc(C(C)(C)C)cc5)c5ccccc5C)cc3N4c3ccccc3)c3cc(C)c4c(c32)-c2ccccc2C42C3=C4CC5CC2C45C3)cc1. The van der Waals surface area contributed by atoms with Crippen LogP contribution in [-0.2, 0) is 10.8 Å². The monoisotopic (exact) mass is 932 g/mol. The molecule has 0 N–H and O–H groups in total. The molecule has 0 saturated heterocycles. The Morgan fingerprint density at radius 2 is 1.32 bits per heavy atom. The highest BCUT2D eigenvalue weighted by atomic mass is 28.3. The highest BCUT2D eigenvalue weighted by Gasteiger charge is 2.83. The van der Waals surface area contributed by atoms with E-state index in [9.17, 15) is 0 Å². The molecule has 8 aromatic carbocycles. The van der Waals surface area contributed by atoms with Crippen LogP contribution in [-0.4, -0.2) is 15.5 Å². The smallest absolute Gasteiger partial charge is 0.311 e. The van der Waals surface area contributed by atoms with E-state index >= 15 is 0 Å². The number of hydrogen-bond acceptors (Lipinski definition) is 3. The van der Waals surface area contributed by atoms with Gasteiger partial charge in [0.25, 0.3) is 6.71 Å². The minimum absolute atomic E-state index is 0.00646. The van der Waals surface area contributed by atoms with Crippen molar-refractivity contribution in [3.63, 3.8) is 0 Å². The summed E-state index contributed by atoms with van der Waals surface area (Å²) < 4.78 is 0. The molecule has 3 nitrogen and oxygen atoms in total. The molecule has 2 fully saturated rings. The highest BCUT2D eigenvalue weighted by Crippen LogP contribution is 2.90. The van der Waals surface area contributed by atoms with E-state index in [1.807, 2.05) is 5.57 Å². The summed E-state index contributed by atoms with van der Waals surface area (Å²) in [7, 11) is -0.912. The Morgan fingerprint density at radius 1 is 0.634 bits per heavy atom. The molecule has 2 spiro atoms. The summed E-state index contributed by atoms with van der Waals surface area (Å²) in [6.45, 7) is 18.8. The lowest BCUT2D eigenvalue weighted by Gasteiger charge is -2.66. The fourth-order valence-corrected chi connectivity index (χ4v) is 16.4. The van der Waals surface area contributed by atoms with Gasteiger partial charge in [-0.3, -0.25) is 0 Å². The van der Waals surface area contributed by atoms with Crippen molar-refractivity contribution in [1.29, 1.82) is 0 Å². The second-order valence-electron chi connectivity index (χ2n) is 23.5. The molecule has 5 heteroatoms. The Kier molecular flexibility index (Phi) is 8.38. The van der Waals surface area contributed by atoms with Gasteiger partial charge in [-0.1, -0.05) is 135 Å². The van der Waals surface area contributed by atoms with Gasteiger partial charge in [0.15, 0.2) is 0 Å². The van der Waals surface area contributed by atoms with Gasteiger partial charge in [-0.2, -0.15) is 0 Å². The molecule has 2 saturated carbocycles. The molecule has 2 bridgehead atoms. The van der Waals surface area contributed by atoms with Crippen molar-refractivity contribution in [3.8, 4) is 11.1 Å². The second-order valence-corrected chi connectivity index (χ2v) is 26.0. The van der Waals surface area contributed by atoms with Crippen LogP contribution in [0.15, 0.2) is 175 Å². The lowest BCUT2D eigenvalue weighted by Crippen LogP contribution is -2.62. The van der Waals surface area contributed by atoms with Gasteiger partial charge < -0.3 is 14.7 Å². The van der Waals surface area contributed by atoms with Crippen molar-refractivity contribution >= 4 is 88.3 Å². The zero-order valence-corrected chi connectivity index (χ0v) is 43.3. The lowest BCUT2D eigenvalue weighted by atomic mass is 9.33. The number of hydrogen-bond donors (Lipinski definition) is 0. The molecule has 4 unspecified atom stereocenters. The maximum absolute atomic E-state index is 2.74. The molecular formula is C66H59BN3Si+. The number of rotatable bonds is 6. The van der Waals surface area contributed by atoms with Crippen LogP contribution in [0.5, 0.6) is 0 Å². The van der Waals surface area contributed by atoms with Crippen molar-refractivity contribution in [2.75, 3.05) is 14.7 Å². The molecule has 344 valence electrons. The van der Waals surface area contributed by atoms with E-state index in [0.717, 1.165) is 17.3 Å². The van der Waals surface area contributed by atoms with Gasteiger partial charge in [0.05, 0.1) is 13.1 Å². The zero-order valence-electron chi connectivity index (χ0n) is 42.3. The molecule has 15 rings (SSSR count). The molecule has 5 aliphatic carbocycles. The first kappa shape index (κ1) is 41.9. The van der Waals surface area contributed by atoms with E-state index in [1.54, 1.807) is 16.7 Å². The predicted octanol–water partition coefficient (Wildman–Crippen LogP) is 14.4. The maximum Gasteiger partial charge on any atom is 0.345 e. The summed E-state index contributed by atoms with van der Waals surface area (Å²) >= 11 is 0. The maximum atomic E-state index is 2.74. The number of allylic oxidation sites excluding steroid dienone is 2. The van der Waals surface area contributed by atoms with E-state index in [-0.39, 0.29) is 17.5 Å². The number of fused-ring (bicyclic) bond motifs is 12. The molecule has 8 aromatic rings. The molecular weight excluding hydrogens is 874 g/mol. The van der Waals surface area contributed by atoms with Gasteiger partial charge in [-0.15, -0.1) is 0 Å². The molecule has 71 heavy (non-hydrogen) atoms. The third-order valence-electron chi connectivity index (χ3n) is 18.8. The van der Waals surface area contributed by atoms with E-state index in [2.05, 4.69) is 233 Å². The molecule has 4 atom stereocenters. The van der Waals surface area contributed by atoms with Gasteiger partial charge >= 0.3 is 8.80 Å². The third-order valence-corrected chi connectivity index (χ3v) is 20.2. The number of aryl methyl sites for hydroxylation is 3. The fourth-order valence-electron chi connectivity index (χ4n) is 15.6. The number of benzene rings is 8. The topological polar surface area (TPSA) is 9.72 Å². The van der Waals surface area contributed by atoms with Crippen LogP contribution < -0.4 is 36.3 Å². The highest BCUT2D eigenvalue weighted by molar-refractivity contribution is 7.00. The molecule has 2 heterocycles. The number of anilines is 9. The van der Waals surface area contributed by atoms with Gasteiger partial charge in [-0.25, -0.2) is 0 Å². The average Bonchev–Trinajstić information content (AvgIpc) is 3.85. The first-order valence-corrected chi connectivity index (χ1v) is 28.7. The third kappa shape index (κ3) is 5.20.